The average molecular weight is 579 g/mol. The highest BCUT2D eigenvalue weighted by Crippen LogP contribution is 2.23. The van der Waals surface area contributed by atoms with Crippen molar-refractivity contribution >= 4 is 67.6 Å². The lowest BCUT2D eigenvalue weighted by Gasteiger charge is -2.06. The molecule has 0 spiro atoms. The van der Waals surface area contributed by atoms with Crippen molar-refractivity contribution in [2.45, 2.75) is 65.2 Å². The van der Waals surface area contributed by atoms with E-state index in [-0.39, 0.29) is 33.7 Å². The van der Waals surface area contributed by atoms with Gasteiger partial charge in [-0.05, 0) is 37.1 Å². The molecule has 2 aromatic heterocycles. The number of rotatable bonds is 13. The van der Waals surface area contributed by atoms with E-state index in [1.54, 1.807) is 13.8 Å². The Morgan fingerprint density at radius 3 is 1.38 bits per heavy atom. The van der Waals surface area contributed by atoms with Gasteiger partial charge in [0.05, 0.1) is 22.1 Å². The molecule has 40 heavy (non-hydrogen) atoms. The molecule has 0 saturated carbocycles. The summed E-state index contributed by atoms with van der Waals surface area (Å²) in [5.74, 6) is 1.52. The van der Waals surface area contributed by atoms with Crippen molar-refractivity contribution in [2.75, 3.05) is 11.5 Å². The molecule has 0 aliphatic rings. The number of carbonyl (C=O) groups excluding carboxylic acids is 4. The Labute approximate surface area is 242 Å². The van der Waals surface area contributed by atoms with Crippen LogP contribution in [0.5, 0.6) is 0 Å². The SMILES string of the molecule is CCC(=O)n1c(C(=O)SCCCCCCCCSC(=O)c2nc3ccccc3n2C(=O)CC)nc2ccccc21. The highest BCUT2D eigenvalue weighted by Gasteiger charge is 2.22. The molecule has 4 aromatic rings. The number of imidazole rings is 2. The Balaban J connectivity index is 1.14. The predicted molar refractivity (Wildman–Crippen MR) is 163 cm³/mol. The maximum Gasteiger partial charge on any atom is 0.255 e. The van der Waals surface area contributed by atoms with Crippen LogP contribution in [0.1, 0.15) is 96.0 Å². The molecule has 4 rings (SSSR count). The van der Waals surface area contributed by atoms with Crippen molar-refractivity contribution in [3.63, 3.8) is 0 Å². The molecule has 210 valence electrons. The number of fused-ring (bicyclic) bond motifs is 2. The molecule has 0 aliphatic heterocycles. The summed E-state index contributed by atoms with van der Waals surface area (Å²) in [5.41, 5.74) is 2.65. The third-order valence-electron chi connectivity index (χ3n) is 6.60. The first kappa shape index (κ1) is 29.7. The predicted octanol–water partition coefficient (Wildman–Crippen LogP) is 7.27. The van der Waals surface area contributed by atoms with Gasteiger partial charge in [0.25, 0.3) is 10.2 Å². The van der Waals surface area contributed by atoms with Crippen LogP contribution >= 0.6 is 23.5 Å². The molecule has 2 aromatic carbocycles. The molecule has 0 unspecified atom stereocenters. The molecule has 10 heteroatoms. The summed E-state index contributed by atoms with van der Waals surface area (Å²) in [4.78, 5) is 59.4. The van der Waals surface area contributed by atoms with E-state index >= 15 is 0 Å². The number of para-hydroxylation sites is 4. The molecular weight excluding hydrogens is 544 g/mol. The van der Waals surface area contributed by atoms with Gasteiger partial charge in [-0.1, -0.05) is 87.3 Å². The van der Waals surface area contributed by atoms with E-state index in [4.69, 9.17) is 0 Å². The lowest BCUT2D eigenvalue weighted by atomic mass is 10.1. The van der Waals surface area contributed by atoms with Crippen molar-refractivity contribution in [1.29, 1.82) is 0 Å². The van der Waals surface area contributed by atoms with E-state index in [9.17, 15) is 19.2 Å². The van der Waals surface area contributed by atoms with Gasteiger partial charge >= 0.3 is 0 Å². The van der Waals surface area contributed by atoms with Crippen LogP contribution in [-0.4, -0.2) is 52.7 Å². The van der Waals surface area contributed by atoms with Gasteiger partial charge in [-0.25, -0.2) is 9.97 Å². The highest BCUT2D eigenvalue weighted by atomic mass is 32.2. The second-order valence-electron chi connectivity index (χ2n) is 9.41. The number of carbonyl (C=O) groups is 4. The van der Waals surface area contributed by atoms with Crippen molar-refractivity contribution in [3.8, 4) is 0 Å². The Kier molecular flexibility index (Phi) is 10.7. The number of unbranched alkanes of at least 4 members (excludes halogenated alkanes) is 5. The van der Waals surface area contributed by atoms with Gasteiger partial charge in [0.15, 0.2) is 11.6 Å². The summed E-state index contributed by atoms with van der Waals surface area (Å²) < 4.78 is 2.90. The van der Waals surface area contributed by atoms with Crippen LogP contribution in [-0.2, 0) is 0 Å². The van der Waals surface area contributed by atoms with Crippen molar-refractivity contribution < 1.29 is 19.2 Å². The van der Waals surface area contributed by atoms with Gasteiger partial charge in [0.2, 0.25) is 11.8 Å². The smallest absolute Gasteiger partial charge is 0.255 e. The number of hydrogen-bond acceptors (Lipinski definition) is 8. The van der Waals surface area contributed by atoms with Crippen LogP contribution in [0.3, 0.4) is 0 Å². The zero-order valence-corrected chi connectivity index (χ0v) is 24.6. The Morgan fingerprint density at radius 1 is 0.600 bits per heavy atom. The molecule has 0 atom stereocenters. The summed E-state index contributed by atoms with van der Waals surface area (Å²) in [6.45, 7) is 3.56. The molecule has 0 N–H and O–H groups in total. The standard InChI is InChI=1S/C30H34N4O4S2/c1-3-25(35)33-23-17-11-9-15-21(23)31-27(33)29(37)39-19-13-7-5-6-8-14-20-40-30(38)28-32-22-16-10-12-18-24(22)34(28)26(36)4-2/h9-12,15-18H,3-8,13-14,19-20H2,1-2H3. The lowest BCUT2D eigenvalue weighted by Crippen LogP contribution is -2.15. The first-order chi connectivity index (χ1) is 19.5. The summed E-state index contributed by atoms with van der Waals surface area (Å²) in [6, 6.07) is 14.6. The molecule has 2 heterocycles. The molecular formula is C30H34N4O4S2. The maximum absolute atomic E-state index is 12.8. The Bertz CT molecular complexity index is 1410. The highest BCUT2D eigenvalue weighted by molar-refractivity contribution is 8.14. The van der Waals surface area contributed by atoms with Crippen LogP contribution in [0.15, 0.2) is 48.5 Å². The Hall–Kier alpha value is -3.24. The quantitative estimate of drug-likeness (QED) is 0.153. The van der Waals surface area contributed by atoms with Gasteiger partial charge in [-0.15, -0.1) is 0 Å². The lowest BCUT2D eigenvalue weighted by molar-refractivity contribution is 0.0894. The zero-order chi connectivity index (χ0) is 28.5. The minimum absolute atomic E-state index is 0.134. The minimum atomic E-state index is -0.172. The van der Waals surface area contributed by atoms with Crippen molar-refractivity contribution in [2.24, 2.45) is 0 Å². The minimum Gasteiger partial charge on any atom is -0.278 e. The summed E-state index contributed by atoms with van der Waals surface area (Å²) in [6.07, 6.45) is 6.57. The first-order valence-corrected chi connectivity index (χ1v) is 15.8. The molecule has 8 nitrogen and oxygen atoms in total. The normalized spacial score (nSPS) is 11.3. The van der Waals surface area contributed by atoms with Crippen molar-refractivity contribution in [3.05, 3.63) is 60.2 Å². The van der Waals surface area contributed by atoms with Crippen LogP contribution in [0.2, 0.25) is 0 Å². The van der Waals surface area contributed by atoms with Gasteiger partial charge in [-0.2, -0.15) is 0 Å². The molecule has 0 radical (unpaired) electrons. The van der Waals surface area contributed by atoms with E-state index in [0.29, 0.717) is 46.4 Å². The number of benzene rings is 2. The fourth-order valence-corrected chi connectivity index (χ4v) is 6.12. The van der Waals surface area contributed by atoms with Gasteiger partial charge in [-0.3, -0.25) is 28.3 Å². The van der Waals surface area contributed by atoms with E-state index in [0.717, 1.165) is 38.5 Å². The second kappa shape index (κ2) is 14.4. The topological polar surface area (TPSA) is 104 Å². The number of hydrogen-bond donors (Lipinski definition) is 0. The summed E-state index contributed by atoms with van der Waals surface area (Å²) in [5, 5.41) is -0.345. The Morgan fingerprint density at radius 2 is 0.975 bits per heavy atom. The van der Waals surface area contributed by atoms with Crippen LogP contribution in [0, 0.1) is 0 Å². The third-order valence-corrected chi connectivity index (χ3v) is 8.47. The first-order valence-electron chi connectivity index (χ1n) is 13.8. The van der Waals surface area contributed by atoms with E-state index in [2.05, 4.69) is 9.97 Å². The largest absolute Gasteiger partial charge is 0.278 e. The fraction of sp³-hybridized carbons (Fsp3) is 0.400. The van der Waals surface area contributed by atoms with Crippen LogP contribution in [0.25, 0.3) is 22.1 Å². The van der Waals surface area contributed by atoms with Gasteiger partial charge in [0.1, 0.15) is 0 Å². The van der Waals surface area contributed by atoms with E-state index in [1.165, 1.54) is 32.7 Å². The van der Waals surface area contributed by atoms with Crippen LogP contribution in [0.4, 0.5) is 0 Å². The van der Waals surface area contributed by atoms with E-state index < -0.39 is 0 Å². The number of aromatic nitrogens is 4. The van der Waals surface area contributed by atoms with Gasteiger partial charge < -0.3 is 0 Å². The fourth-order valence-electron chi connectivity index (χ4n) is 4.52. The van der Waals surface area contributed by atoms with Crippen molar-refractivity contribution in [1.82, 2.24) is 19.1 Å². The third kappa shape index (κ3) is 6.90. The summed E-state index contributed by atoms with van der Waals surface area (Å²) in [7, 11) is 0. The second-order valence-corrected chi connectivity index (χ2v) is 11.5. The van der Waals surface area contributed by atoms with E-state index in [1.807, 2.05) is 48.5 Å². The van der Waals surface area contributed by atoms with Crippen LogP contribution < -0.4 is 0 Å². The number of thioether (sulfide) groups is 2. The zero-order valence-electron chi connectivity index (χ0n) is 22.9. The maximum atomic E-state index is 12.8. The summed E-state index contributed by atoms with van der Waals surface area (Å²) >= 11 is 2.44. The average Bonchev–Trinajstić information content (AvgIpc) is 3.56. The van der Waals surface area contributed by atoms with Gasteiger partial charge in [0, 0.05) is 24.3 Å². The number of nitrogens with zero attached hydrogens (tertiary/aromatic N) is 4. The molecule has 0 amide bonds. The molecule has 0 bridgehead atoms. The molecule has 0 saturated heterocycles. The molecule has 0 aliphatic carbocycles. The monoisotopic (exact) mass is 578 g/mol. The molecule has 0 fully saturated rings.